The van der Waals surface area contributed by atoms with E-state index in [9.17, 15) is 9.59 Å². The number of carbonyl (C=O) groups excluding carboxylic acids is 1. The van der Waals surface area contributed by atoms with Crippen molar-refractivity contribution in [1.82, 2.24) is 15.4 Å². The monoisotopic (exact) mass is 333 g/mol. The van der Waals surface area contributed by atoms with E-state index in [-0.39, 0.29) is 17.9 Å². The molecule has 0 aliphatic rings. The fourth-order valence-electron chi connectivity index (χ4n) is 2.04. The van der Waals surface area contributed by atoms with Crippen LogP contribution in [0.2, 0.25) is 0 Å². The number of nitrogens with zero attached hydrogens (tertiary/aromatic N) is 1. The number of carbonyl (C=O) groups is 1. The minimum absolute atomic E-state index is 0.166. The summed E-state index contributed by atoms with van der Waals surface area (Å²) in [6, 6.07) is 9.54. The molecule has 7 heteroatoms. The van der Waals surface area contributed by atoms with Crippen molar-refractivity contribution in [3.05, 3.63) is 57.5 Å². The molecular formula is C16H19N3O3S. The Kier molecular flexibility index (Phi) is 6.37. The first-order valence-corrected chi connectivity index (χ1v) is 8.41. The fraction of sp³-hybridized carbons (Fsp3) is 0.312. The van der Waals surface area contributed by atoms with Crippen molar-refractivity contribution >= 4 is 17.7 Å². The predicted molar refractivity (Wildman–Crippen MR) is 89.1 cm³/mol. The van der Waals surface area contributed by atoms with Gasteiger partial charge in [0.1, 0.15) is 0 Å². The Morgan fingerprint density at radius 2 is 2.09 bits per heavy atom. The van der Waals surface area contributed by atoms with Gasteiger partial charge in [-0.25, -0.2) is 10.5 Å². The van der Waals surface area contributed by atoms with Crippen molar-refractivity contribution < 1.29 is 9.63 Å². The van der Waals surface area contributed by atoms with Crippen LogP contribution in [0.1, 0.15) is 23.2 Å². The smallest absolute Gasteiger partial charge is 0.254 e. The van der Waals surface area contributed by atoms with Crippen molar-refractivity contribution in [1.29, 1.82) is 0 Å². The van der Waals surface area contributed by atoms with Gasteiger partial charge in [-0.15, -0.1) is 0 Å². The molecule has 0 bridgehead atoms. The molecule has 1 aromatic carbocycles. The van der Waals surface area contributed by atoms with E-state index in [0.29, 0.717) is 29.4 Å². The van der Waals surface area contributed by atoms with Crippen LogP contribution in [0.3, 0.4) is 0 Å². The lowest BCUT2D eigenvalue weighted by Crippen LogP contribution is -2.25. The van der Waals surface area contributed by atoms with Gasteiger partial charge in [0.05, 0.1) is 6.61 Å². The molecule has 0 spiro atoms. The van der Waals surface area contributed by atoms with Crippen molar-refractivity contribution in [2.24, 2.45) is 0 Å². The van der Waals surface area contributed by atoms with E-state index < -0.39 is 0 Å². The van der Waals surface area contributed by atoms with Crippen molar-refractivity contribution in [3.8, 4) is 0 Å². The molecule has 6 nitrogen and oxygen atoms in total. The van der Waals surface area contributed by atoms with Crippen molar-refractivity contribution in [2.75, 3.05) is 6.26 Å². The van der Waals surface area contributed by atoms with Crippen LogP contribution in [0.4, 0.5) is 0 Å². The van der Waals surface area contributed by atoms with E-state index in [0.717, 1.165) is 5.56 Å². The molecule has 1 amide bonds. The highest BCUT2D eigenvalue weighted by molar-refractivity contribution is 7.98. The molecule has 0 radical (unpaired) electrons. The van der Waals surface area contributed by atoms with Gasteiger partial charge in [-0.05, 0) is 25.2 Å². The summed E-state index contributed by atoms with van der Waals surface area (Å²) in [4.78, 5) is 35.9. The largest absolute Gasteiger partial charge is 0.301 e. The Bertz CT molecular complexity index is 716. The number of amides is 1. The topological polar surface area (TPSA) is 84.1 Å². The standard InChI is InChI=1S/C16H19N3O3S/c1-11-13(15(21)18-16(17-11)23-2)8-9-14(20)19-22-10-12-6-4-3-5-7-12/h3-7H,8-10H2,1-2H3,(H,19,20)(H,17,18,21). The van der Waals surface area contributed by atoms with Crippen molar-refractivity contribution in [2.45, 2.75) is 31.5 Å². The number of hydrogen-bond acceptors (Lipinski definition) is 5. The average Bonchev–Trinajstić information content (AvgIpc) is 2.54. The summed E-state index contributed by atoms with van der Waals surface area (Å²) >= 11 is 1.37. The number of aryl methyl sites for hydroxylation is 1. The second kappa shape index (κ2) is 8.50. The highest BCUT2D eigenvalue weighted by atomic mass is 32.2. The number of rotatable bonds is 7. The first kappa shape index (κ1) is 17.2. The molecule has 122 valence electrons. The number of hydroxylamine groups is 1. The zero-order chi connectivity index (χ0) is 16.7. The number of aromatic nitrogens is 2. The maximum Gasteiger partial charge on any atom is 0.254 e. The normalized spacial score (nSPS) is 10.5. The summed E-state index contributed by atoms with van der Waals surface area (Å²) in [5, 5.41) is 0.576. The second-order valence-corrected chi connectivity index (χ2v) is 5.73. The number of H-pyrrole nitrogens is 1. The van der Waals surface area contributed by atoms with Crippen molar-refractivity contribution in [3.63, 3.8) is 0 Å². The van der Waals surface area contributed by atoms with Gasteiger partial charge in [-0.2, -0.15) is 0 Å². The molecule has 1 heterocycles. The molecule has 0 saturated heterocycles. The molecule has 0 fully saturated rings. The quantitative estimate of drug-likeness (QED) is 0.460. The zero-order valence-electron chi connectivity index (χ0n) is 13.1. The summed E-state index contributed by atoms with van der Waals surface area (Å²) in [6.07, 6.45) is 2.33. The van der Waals surface area contributed by atoms with E-state index in [1.54, 1.807) is 6.92 Å². The Morgan fingerprint density at radius 3 is 2.74 bits per heavy atom. The molecule has 2 aromatic rings. The van der Waals surface area contributed by atoms with E-state index in [4.69, 9.17) is 4.84 Å². The number of thioether (sulfide) groups is 1. The van der Waals surface area contributed by atoms with Crippen LogP contribution in [0.25, 0.3) is 0 Å². The molecule has 0 aliphatic carbocycles. The summed E-state index contributed by atoms with van der Waals surface area (Å²) in [5.74, 6) is -0.270. The third kappa shape index (κ3) is 5.22. The average molecular weight is 333 g/mol. The summed E-state index contributed by atoms with van der Waals surface area (Å²) < 4.78 is 0. The van der Waals surface area contributed by atoms with Crippen LogP contribution in [-0.4, -0.2) is 22.1 Å². The lowest BCUT2D eigenvalue weighted by atomic mass is 10.1. The Hall–Kier alpha value is -2.12. The lowest BCUT2D eigenvalue weighted by molar-refractivity contribution is -0.134. The predicted octanol–water partition coefficient (Wildman–Crippen LogP) is 1.98. The number of aromatic amines is 1. The summed E-state index contributed by atoms with van der Waals surface area (Å²) in [7, 11) is 0. The van der Waals surface area contributed by atoms with Gasteiger partial charge in [0.25, 0.3) is 5.56 Å². The van der Waals surface area contributed by atoms with Crippen LogP contribution in [0.5, 0.6) is 0 Å². The Morgan fingerprint density at radius 1 is 1.35 bits per heavy atom. The van der Waals surface area contributed by atoms with Crippen LogP contribution < -0.4 is 11.0 Å². The first-order valence-electron chi connectivity index (χ1n) is 7.18. The molecule has 0 atom stereocenters. The third-order valence-corrected chi connectivity index (χ3v) is 3.84. The van der Waals surface area contributed by atoms with Gasteiger partial charge < -0.3 is 4.98 Å². The van der Waals surface area contributed by atoms with Gasteiger partial charge in [0, 0.05) is 17.7 Å². The third-order valence-electron chi connectivity index (χ3n) is 3.26. The molecule has 2 N–H and O–H groups in total. The van der Waals surface area contributed by atoms with E-state index in [1.165, 1.54) is 11.8 Å². The molecule has 1 aromatic heterocycles. The Labute approximate surface area is 138 Å². The molecular weight excluding hydrogens is 314 g/mol. The van der Waals surface area contributed by atoms with Gasteiger partial charge >= 0.3 is 0 Å². The Balaban J connectivity index is 1.82. The van der Waals surface area contributed by atoms with E-state index in [1.807, 2.05) is 36.6 Å². The molecule has 2 rings (SSSR count). The molecule has 0 aliphatic heterocycles. The van der Waals surface area contributed by atoms with Crippen LogP contribution in [0.15, 0.2) is 40.3 Å². The van der Waals surface area contributed by atoms with Crippen LogP contribution >= 0.6 is 11.8 Å². The van der Waals surface area contributed by atoms with Crippen LogP contribution in [-0.2, 0) is 22.7 Å². The number of benzene rings is 1. The fourth-order valence-corrected chi connectivity index (χ4v) is 2.46. The number of hydrogen-bond donors (Lipinski definition) is 2. The van der Waals surface area contributed by atoms with Gasteiger partial charge in [0.2, 0.25) is 5.91 Å². The lowest BCUT2D eigenvalue weighted by Gasteiger charge is -2.07. The maximum absolute atomic E-state index is 12.0. The van der Waals surface area contributed by atoms with Crippen LogP contribution in [0, 0.1) is 6.92 Å². The zero-order valence-corrected chi connectivity index (χ0v) is 13.9. The van der Waals surface area contributed by atoms with E-state index >= 15 is 0 Å². The molecule has 0 unspecified atom stereocenters. The van der Waals surface area contributed by atoms with Gasteiger partial charge in [-0.1, -0.05) is 42.1 Å². The molecule has 0 saturated carbocycles. The highest BCUT2D eigenvalue weighted by Gasteiger charge is 2.10. The van der Waals surface area contributed by atoms with E-state index in [2.05, 4.69) is 15.4 Å². The second-order valence-electron chi connectivity index (χ2n) is 4.94. The summed E-state index contributed by atoms with van der Waals surface area (Å²) in [6.45, 7) is 2.07. The summed E-state index contributed by atoms with van der Waals surface area (Å²) in [5.41, 5.74) is 4.34. The van der Waals surface area contributed by atoms with Gasteiger partial charge in [0.15, 0.2) is 5.16 Å². The van der Waals surface area contributed by atoms with Gasteiger partial charge in [-0.3, -0.25) is 14.4 Å². The first-order chi connectivity index (χ1) is 11.1. The highest BCUT2D eigenvalue weighted by Crippen LogP contribution is 2.09. The molecule has 23 heavy (non-hydrogen) atoms. The SMILES string of the molecule is CSc1nc(C)c(CCC(=O)NOCc2ccccc2)c(=O)[nH]1. The maximum atomic E-state index is 12.0. The minimum atomic E-state index is -0.270. The minimum Gasteiger partial charge on any atom is -0.301 e. The number of nitrogens with one attached hydrogen (secondary N) is 2.